The second-order valence-electron chi connectivity index (χ2n) is 5.82. The fourth-order valence-corrected chi connectivity index (χ4v) is 3.96. The van der Waals surface area contributed by atoms with Crippen LogP contribution >= 0.6 is 12.4 Å². The molecule has 0 radical (unpaired) electrons. The van der Waals surface area contributed by atoms with Crippen molar-refractivity contribution in [3.8, 4) is 0 Å². The van der Waals surface area contributed by atoms with E-state index in [0.29, 0.717) is 6.61 Å². The molecule has 1 aliphatic heterocycles. The van der Waals surface area contributed by atoms with E-state index in [-0.39, 0.29) is 41.6 Å². The minimum absolute atomic E-state index is 0. The Morgan fingerprint density at radius 1 is 1.40 bits per heavy atom. The van der Waals surface area contributed by atoms with Gasteiger partial charge in [-0.05, 0) is 44.5 Å². The van der Waals surface area contributed by atoms with E-state index in [1.54, 1.807) is 14.0 Å². The molecular weight excluding hydrogens is 368 g/mol. The molecule has 2 N–H and O–H groups in total. The quantitative estimate of drug-likeness (QED) is 0.648. The van der Waals surface area contributed by atoms with Gasteiger partial charge in [0.1, 0.15) is 0 Å². The molecule has 1 unspecified atom stereocenters. The summed E-state index contributed by atoms with van der Waals surface area (Å²) in [5.41, 5.74) is -0.175. The number of halogens is 1. The number of ether oxygens (including phenoxy) is 2. The van der Waals surface area contributed by atoms with Crippen LogP contribution in [0.3, 0.4) is 0 Å². The molecule has 1 saturated heterocycles. The standard InChI is InChI=1S/C16H24N2O5S.ClH/c1-3-23-15(19)13-6-4-7-14(10-13)24(20,21)18-11-16(12-22-2)8-5-9-17-16;/h4,6-7,10,17-18H,3,5,8-9,11-12H2,1-2H3;1H. The van der Waals surface area contributed by atoms with E-state index in [1.807, 2.05) is 0 Å². The van der Waals surface area contributed by atoms with Crippen molar-refractivity contribution in [2.75, 3.05) is 33.4 Å². The van der Waals surface area contributed by atoms with E-state index in [2.05, 4.69) is 10.0 Å². The van der Waals surface area contributed by atoms with Crippen LogP contribution in [0, 0.1) is 0 Å². The van der Waals surface area contributed by atoms with Crippen molar-refractivity contribution in [2.45, 2.75) is 30.2 Å². The lowest BCUT2D eigenvalue weighted by molar-refractivity contribution is 0.0526. The number of carbonyl (C=O) groups is 1. The third kappa shape index (κ3) is 5.65. The zero-order valence-electron chi connectivity index (χ0n) is 14.4. The Labute approximate surface area is 154 Å². The molecule has 9 heteroatoms. The van der Waals surface area contributed by atoms with Gasteiger partial charge in [0, 0.05) is 13.7 Å². The number of nitrogens with one attached hydrogen (secondary N) is 2. The summed E-state index contributed by atoms with van der Waals surface area (Å²) in [6.45, 7) is 3.43. The Morgan fingerprint density at radius 2 is 2.16 bits per heavy atom. The maximum absolute atomic E-state index is 12.5. The molecule has 7 nitrogen and oxygen atoms in total. The average Bonchev–Trinajstić information content (AvgIpc) is 3.03. The summed E-state index contributed by atoms with van der Waals surface area (Å²) in [5.74, 6) is -0.539. The molecule has 1 aromatic carbocycles. The van der Waals surface area contributed by atoms with Crippen molar-refractivity contribution >= 4 is 28.4 Å². The Bertz CT molecular complexity index is 675. The maximum atomic E-state index is 12.5. The lowest BCUT2D eigenvalue weighted by atomic mass is 9.99. The second kappa shape index (κ2) is 9.49. The van der Waals surface area contributed by atoms with Gasteiger partial charge in [0.2, 0.25) is 10.0 Å². The maximum Gasteiger partial charge on any atom is 0.338 e. The van der Waals surface area contributed by atoms with E-state index < -0.39 is 16.0 Å². The minimum Gasteiger partial charge on any atom is -0.462 e. The number of esters is 1. The van der Waals surface area contributed by atoms with Crippen LogP contribution in [-0.2, 0) is 19.5 Å². The first-order valence-corrected chi connectivity index (χ1v) is 9.41. The number of methoxy groups -OCH3 is 1. The second-order valence-corrected chi connectivity index (χ2v) is 7.58. The highest BCUT2D eigenvalue weighted by molar-refractivity contribution is 7.89. The fourth-order valence-electron chi connectivity index (χ4n) is 2.79. The molecule has 0 saturated carbocycles. The van der Waals surface area contributed by atoms with Crippen LogP contribution in [0.2, 0.25) is 0 Å². The smallest absolute Gasteiger partial charge is 0.338 e. The Kier molecular flexibility index (Phi) is 8.30. The van der Waals surface area contributed by atoms with Crippen molar-refractivity contribution in [1.82, 2.24) is 10.0 Å². The third-order valence-electron chi connectivity index (χ3n) is 4.01. The van der Waals surface area contributed by atoms with Crippen molar-refractivity contribution < 1.29 is 22.7 Å². The SMILES string of the molecule is CCOC(=O)c1cccc(S(=O)(=O)NCC2(COC)CCCN2)c1.Cl. The molecule has 0 aliphatic carbocycles. The Morgan fingerprint density at radius 3 is 2.76 bits per heavy atom. The lowest BCUT2D eigenvalue weighted by Crippen LogP contribution is -2.52. The van der Waals surface area contributed by atoms with Crippen LogP contribution in [0.4, 0.5) is 0 Å². The van der Waals surface area contributed by atoms with Crippen LogP contribution in [0.5, 0.6) is 0 Å². The van der Waals surface area contributed by atoms with Gasteiger partial charge in [-0.25, -0.2) is 17.9 Å². The predicted molar refractivity (Wildman–Crippen MR) is 96.7 cm³/mol. The number of hydrogen-bond donors (Lipinski definition) is 2. The van der Waals surface area contributed by atoms with Gasteiger partial charge in [0.25, 0.3) is 0 Å². The van der Waals surface area contributed by atoms with Gasteiger partial charge in [0.05, 0.1) is 29.2 Å². The Balaban J connectivity index is 0.00000312. The molecule has 1 aromatic rings. The molecule has 2 rings (SSSR count). The average molecular weight is 393 g/mol. The van der Waals surface area contributed by atoms with Gasteiger partial charge in [0.15, 0.2) is 0 Å². The summed E-state index contributed by atoms with van der Waals surface area (Å²) in [5, 5.41) is 3.32. The van der Waals surface area contributed by atoms with Gasteiger partial charge in [-0.1, -0.05) is 6.07 Å². The molecule has 142 valence electrons. The largest absolute Gasteiger partial charge is 0.462 e. The number of carbonyl (C=O) groups excluding carboxylic acids is 1. The van der Waals surface area contributed by atoms with Crippen LogP contribution in [0.25, 0.3) is 0 Å². The molecule has 25 heavy (non-hydrogen) atoms. The molecule has 0 bridgehead atoms. The summed E-state index contributed by atoms with van der Waals surface area (Å²) < 4.78 is 37.8. The van der Waals surface area contributed by atoms with Crippen LogP contribution in [0.1, 0.15) is 30.1 Å². The van der Waals surface area contributed by atoms with Crippen LogP contribution < -0.4 is 10.0 Å². The van der Waals surface area contributed by atoms with Gasteiger partial charge in [-0.15, -0.1) is 12.4 Å². The summed E-state index contributed by atoms with van der Waals surface area (Å²) in [6.07, 6.45) is 1.82. The zero-order valence-corrected chi connectivity index (χ0v) is 16.0. The third-order valence-corrected chi connectivity index (χ3v) is 5.41. The highest BCUT2D eigenvalue weighted by Gasteiger charge is 2.34. The number of sulfonamides is 1. The van der Waals surface area contributed by atoms with Gasteiger partial charge >= 0.3 is 5.97 Å². The van der Waals surface area contributed by atoms with E-state index in [1.165, 1.54) is 24.3 Å². The van der Waals surface area contributed by atoms with Gasteiger partial charge < -0.3 is 14.8 Å². The molecule has 1 atom stereocenters. The van der Waals surface area contributed by atoms with E-state index in [0.717, 1.165) is 19.4 Å². The molecular formula is C16H25ClN2O5S. The molecule has 1 heterocycles. The van der Waals surface area contributed by atoms with Crippen molar-refractivity contribution in [2.24, 2.45) is 0 Å². The van der Waals surface area contributed by atoms with Crippen molar-refractivity contribution in [1.29, 1.82) is 0 Å². The molecule has 1 fully saturated rings. The van der Waals surface area contributed by atoms with Crippen molar-refractivity contribution in [3.05, 3.63) is 29.8 Å². The lowest BCUT2D eigenvalue weighted by Gasteiger charge is -2.28. The number of hydrogen-bond acceptors (Lipinski definition) is 6. The summed E-state index contributed by atoms with van der Waals surface area (Å²) in [7, 11) is -2.13. The number of rotatable bonds is 8. The monoisotopic (exact) mass is 392 g/mol. The zero-order chi connectivity index (χ0) is 17.6. The van der Waals surface area contributed by atoms with Gasteiger partial charge in [-0.3, -0.25) is 0 Å². The first-order valence-electron chi connectivity index (χ1n) is 7.93. The normalized spacial score (nSPS) is 20.1. The highest BCUT2D eigenvalue weighted by atomic mass is 35.5. The van der Waals surface area contributed by atoms with E-state index in [4.69, 9.17) is 9.47 Å². The predicted octanol–water partition coefficient (Wildman–Crippen LogP) is 1.33. The molecule has 0 amide bonds. The molecule has 0 spiro atoms. The van der Waals surface area contributed by atoms with E-state index >= 15 is 0 Å². The first-order chi connectivity index (χ1) is 11.4. The highest BCUT2D eigenvalue weighted by Crippen LogP contribution is 2.20. The molecule has 1 aliphatic rings. The van der Waals surface area contributed by atoms with E-state index in [9.17, 15) is 13.2 Å². The fraction of sp³-hybridized carbons (Fsp3) is 0.562. The minimum atomic E-state index is -3.73. The molecule has 0 aromatic heterocycles. The van der Waals surface area contributed by atoms with Crippen molar-refractivity contribution in [3.63, 3.8) is 0 Å². The summed E-state index contributed by atoms with van der Waals surface area (Å²) in [6, 6.07) is 5.84. The van der Waals surface area contributed by atoms with Crippen LogP contribution in [0.15, 0.2) is 29.2 Å². The van der Waals surface area contributed by atoms with Gasteiger partial charge in [-0.2, -0.15) is 0 Å². The number of benzene rings is 1. The summed E-state index contributed by atoms with van der Waals surface area (Å²) >= 11 is 0. The van der Waals surface area contributed by atoms with Crippen LogP contribution in [-0.4, -0.2) is 53.3 Å². The topological polar surface area (TPSA) is 93.7 Å². The summed E-state index contributed by atoms with van der Waals surface area (Å²) in [4.78, 5) is 11.8. The Hall–Kier alpha value is -1.19. The first kappa shape index (κ1) is 21.9.